The highest BCUT2D eigenvalue weighted by Crippen LogP contribution is 2.35. The Morgan fingerprint density at radius 3 is 2.61 bits per heavy atom. The van der Waals surface area contributed by atoms with Crippen molar-refractivity contribution < 1.29 is 14.2 Å². The predicted octanol–water partition coefficient (Wildman–Crippen LogP) is 0.496. The molecular formula is C17H27BN2O3. The highest BCUT2D eigenvalue weighted by Gasteiger charge is 2.24. The Morgan fingerprint density at radius 1 is 1.17 bits per heavy atom. The maximum absolute atomic E-state index is 5.94. The molecule has 2 aliphatic heterocycles. The lowest BCUT2D eigenvalue weighted by Gasteiger charge is -2.34. The van der Waals surface area contributed by atoms with Gasteiger partial charge in [-0.1, -0.05) is 0 Å². The summed E-state index contributed by atoms with van der Waals surface area (Å²) in [5, 5.41) is 0. The van der Waals surface area contributed by atoms with Gasteiger partial charge >= 0.3 is 0 Å². The molecule has 0 N–H and O–H groups in total. The summed E-state index contributed by atoms with van der Waals surface area (Å²) in [6.07, 6.45) is 2.29. The molecule has 3 rings (SSSR count). The first-order valence-electron chi connectivity index (χ1n) is 8.45. The first kappa shape index (κ1) is 16.6. The van der Waals surface area contributed by atoms with Gasteiger partial charge in [0.15, 0.2) is 7.98 Å². The number of nitrogens with zero attached hydrogens (tertiary/aromatic N) is 2. The van der Waals surface area contributed by atoms with Crippen LogP contribution in [0.4, 0.5) is 5.69 Å². The van der Waals surface area contributed by atoms with E-state index in [4.69, 9.17) is 14.2 Å². The van der Waals surface area contributed by atoms with E-state index in [-0.39, 0.29) is 6.10 Å². The van der Waals surface area contributed by atoms with Gasteiger partial charge in [0.25, 0.3) is 0 Å². The highest BCUT2D eigenvalue weighted by molar-refractivity contribution is 6.04. The summed E-state index contributed by atoms with van der Waals surface area (Å²) in [7, 11) is 5.66. The van der Waals surface area contributed by atoms with Gasteiger partial charge in [0.1, 0.15) is 12.4 Å². The Hall–Kier alpha value is -1.24. The van der Waals surface area contributed by atoms with Crippen molar-refractivity contribution in [1.29, 1.82) is 0 Å². The van der Waals surface area contributed by atoms with Gasteiger partial charge in [-0.25, -0.2) is 0 Å². The van der Waals surface area contributed by atoms with Gasteiger partial charge < -0.3 is 23.9 Å². The maximum atomic E-state index is 5.94. The molecule has 0 unspecified atom stereocenters. The van der Waals surface area contributed by atoms with Gasteiger partial charge in [0.05, 0.1) is 24.9 Å². The molecule has 1 atom stereocenters. The van der Waals surface area contributed by atoms with Crippen molar-refractivity contribution in [1.82, 2.24) is 4.81 Å². The third-order valence-electron chi connectivity index (χ3n) is 4.88. The Labute approximate surface area is 139 Å². The van der Waals surface area contributed by atoms with Crippen molar-refractivity contribution in [2.75, 3.05) is 58.5 Å². The topological polar surface area (TPSA) is 34.2 Å². The Bertz CT molecular complexity index is 541. The van der Waals surface area contributed by atoms with Crippen LogP contribution in [0.5, 0.6) is 5.75 Å². The second kappa shape index (κ2) is 7.56. The minimum atomic E-state index is 0.0795. The fourth-order valence-corrected chi connectivity index (χ4v) is 3.42. The normalized spacial score (nSPS) is 19.5. The van der Waals surface area contributed by atoms with Crippen LogP contribution in [0.1, 0.15) is 11.1 Å². The van der Waals surface area contributed by atoms with Gasteiger partial charge in [-0.15, -0.1) is 0 Å². The lowest BCUT2D eigenvalue weighted by atomic mass is 10.0. The average Bonchev–Trinajstić information content (AvgIpc) is 2.74. The molecule has 0 saturated carbocycles. The molecule has 2 aliphatic rings. The molecule has 0 radical (unpaired) electrons. The lowest BCUT2D eigenvalue weighted by Crippen LogP contribution is -2.40. The average molecular weight is 318 g/mol. The highest BCUT2D eigenvalue weighted by atomic mass is 16.5. The summed E-state index contributed by atoms with van der Waals surface area (Å²) in [5.41, 5.74) is 4.11. The van der Waals surface area contributed by atoms with Gasteiger partial charge in [-0.3, -0.25) is 0 Å². The summed E-state index contributed by atoms with van der Waals surface area (Å²) in [4.78, 5) is 4.78. The Morgan fingerprint density at radius 2 is 1.91 bits per heavy atom. The molecule has 0 bridgehead atoms. The zero-order valence-electron chi connectivity index (χ0n) is 14.5. The minimum absolute atomic E-state index is 0.0795. The second-order valence-electron chi connectivity index (χ2n) is 6.50. The predicted molar refractivity (Wildman–Crippen MR) is 94.3 cm³/mol. The summed E-state index contributed by atoms with van der Waals surface area (Å²) in [5.74, 6) is 1.02. The molecule has 0 amide bonds. The second-order valence-corrected chi connectivity index (χ2v) is 6.50. The van der Waals surface area contributed by atoms with Crippen LogP contribution in [0.15, 0.2) is 12.1 Å². The van der Waals surface area contributed by atoms with Crippen LogP contribution in [-0.4, -0.2) is 72.5 Å². The fraction of sp³-hybridized carbons (Fsp3) is 0.647. The molecule has 1 aromatic rings. The summed E-state index contributed by atoms with van der Waals surface area (Å²) in [6, 6.07) is 4.59. The van der Waals surface area contributed by atoms with Crippen LogP contribution < -0.4 is 9.64 Å². The molecule has 23 heavy (non-hydrogen) atoms. The van der Waals surface area contributed by atoms with Crippen LogP contribution in [0, 0.1) is 0 Å². The quantitative estimate of drug-likeness (QED) is 0.739. The van der Waals surface area contributed by atoms with E-state index in [1.54, 1.807) is 14.2 Å². The first-order valence-corrected chi connectivity index (χ1v) is 8.45. The summed E-state index contributed by atoms with van der Waals surface area (Å²) >= 11 is 0. The van der Waals surface area contributed by atoms with Crippen molar-refractivity contribution >= 4 is 13.7 Å². The molecule has 0 aliphatic carbocycles. The van der Waals surface area contributed by atoms with E-state index in [1.165, 1.54) is 16.8 Å². The van der Waals surface area contributed by atoms with E-state index in [9.17, 15) is 0 Å². The van der Waals surface area contributed by atoms with Gasteiger partial charge in [-0.2, -0.15) is 0 Å². The number of benzene rings is 1. The number of rotatable bonds is 5. The van der Waals surface area contributed by atoms with E-state index in [1.807, 2.05) is 0 Å². The SMILES string of the molecule is BN1CCc2cc3c(cc2CC1)N(C[C@H](COC)OC)CCO3. The number of hydrogen-bond acceptors (Lipinski definition) is 5. The van der Waals surface area contributed by atoms with Gasteiger partial charge in [0.2, 0.25) is 0 Å². The van der Waals surface area contributed by atoms with E-state index in [2.05, 4.69) is 29.8 Å². The Balaban J connectivity index is 1.83. The lowest BCUT2D eigenvalue weighted by molar-refractivity contribution is 0.0321. The zero-order chi connectivity index (χ0) is 16.2. The van der Waals surface area contributed by atoms with Crippen LogP contribution in [0.25, 0.3) is 0 Å². The van der Waals surface area contributed by atoms with E-state index in [0.29, 0.717) is 6.61 Å². The standard InChI is InChI=1S/C17H27BN2O3/c1-21-12-15(22-2)11-19-7-8-23-17-10-14-4-6-20(18)5-3-13(14)9-16(17)19/h9-10,15H,3-8,11-12,18H2,1-2H3/t15-/m1/s1. The van der Waals surface area contributed by atoms with Crippen LogP contribution in [0.3, 0.4) is 0 Å². The Kier molecular flexibility index (Phi) is 5.46. The molecule has 126 valence electrons. The van der Waals surface area contributed by atoms with E-state index in [0.717, 1.165) is 51.4 Å². The van der Waals surface area contributed by atoms with Gasteiger partial charge in [-0.05, 0) is 49.2 Å². The largest absolute Gasteiger partial charge is 0.490 e. The molecule has 0 saturated heterocycles. The van der Waals surface area contributed by atoms with Crippen molar-refractivity contribution in [3.05, 3.63) is 23.3 Å². The molecule has 0 aromatic heterocycles. The minimum Gasteiger partial charge on any atom is -0.490 e. The molecule has 2 heterocycles. The van der Waals surface area contributed by atoms with Crippen LogP contribution in [0.2, 0.25) is 0 Å². The van der Waals surface area contributed by atoms with Gasteiger partial charge in [0, 0.05) is 20.8 Å². The third kappa shape index (κ3) is 3.82. The maximum Gasteiger partial charge on any atom is 0.185 e. The number of hydrogen-bond donors (Lipinski definition) is 0. The molecule has 0 fully saturated rings. The fourth-order valence-electron chi connectivity index (χ4n) is 3.42. The van der Waals surface area contributed by atoms with Crippen molar-refractivity contribution in [2.24, 2.45) is 0 Å². The number of methoxy groups -OCH3 is 2. The van der Waals surface area contributed by atoms with Crippen molar-refractivity contribution in [2.45, 2.75) is 18.9 Å². The number of ether oxygens (including phenoxy) is 3. The monoisotopic (exact) mass is 318 g/mol. The first-order chi connectivity index (χ1) is 11.2. The zero-order valence-corrected chi connectivity index (χ0v) is 14.5. The van der Waals surface area contributed by atoms with Crippen molar-refractivity contribution in [3.63, 3.8) is 0 Å². The molecule has 5 nitrogen and oxygen atoms in total. The summed E-state index contributed by atoms with van der Waals surface area (Å²) in [6.45, 7) is 5.31. The molecule has 6 heteroatoms. The smallest absolute Gasteiger partial charge is 0.185 e. The van der Waals surface area contributed by atoms with Crippen molar-refractivity contribution in [3.8, 4) is 5.75 Å². The third-order valence-corrected chi connectivity index (χ3v) is 4.88. The van der Waals surface area contributed by atoms with E-state index < -0.39 is 0 Å². The van der Waals surface area contributed by atoms with Crippen LogP contribution in [-0.2, 0) is 22.3 Å². The van der Waals surface area contributed by atoms with E-state index >= 15 is 0 Å². The number of anilines is 1. The molecule has 0 spiro atoms. The molecule has 1 aromatic carbocycles. The summed E-state index contributed by atoms with van der Waals surface area (Å²) < 4.78 is 16.7. The molecular weight excluding hydrogens is 291 g/mol. The number of fused-ring (bicyclic) bond motifs is 2. The van der Waals surface area contributed by atoms with Crippen LogP contribution >= 0.6 is 0 Å².